The maximum absolute atomic E-state index is 11.5. The highest BCUT2D eigenvalue weighted by Gasteiger charge is 2.29. The van der Waals surface area contributed by atoms with Gasteiger partial charge in [-0.3, -0.25) is 9.48 Å². The van der Waals surface area contributed by atoms with Crippen molar-refractivity contribution in [1.29, 1.82) is 0 Å². The van der Waals surface area contributed by atoms with Crippen molar-refractivity contribution in [2.45, 2.75) is 25.9 Å². The second kappa shape index (κ2) is 3.98. The minimum atomic E-state index is -0.386. The molecule has 0 spiro atoms. The third kappa shape index (κ3) is 1.99. The second-order valence-corrected chi connectivity index (χ2v) is 3.84. The van der Waals surface area contributed by atoms with Gasteiger partial charge in [0.25, 0.3) is 5.91 Å². The van der Waals surface area contributed by atoms with Crippen molar-refractivity contribution in [3.8, 4) is 0 Å². The lowest BCUT2D eigenvalue weighted by Crippen LogP contribution is -2.21. The third-order valence-electron chi connectivity index (χ3n) is 2.21. The molecule has 15 heavy (non-hydrogen) atoms. The van der Waals surface area contributed by atoms with Gasteiger partial charge in [-0.15, -0.1) is 0 Å². The summed E-state index contributed by atoms with van der Waals surface area (Å²) in [6.45, 7) is 2.94. The average Bonchev–Trinajstić information content (AvgIpc) is 2.73. The van der Waals surface area contributed by atoms with Crippen LogP contribution in [0.3, 0.4) is 0 Å². The number of hydrogen-bond donors (Lipinski definition) is 2. The summed E-state index contributed by atoms with van der Waals surface area (Å²) in [5.41, 5.74) is 0.848. The van der Waals surface area contributed by atoms with Gasteiger partial charge in [0, 0.05) is 18.3 Å². The molecule has 1 unspecified atom stereocenters. The topological polar surface area (TPSA) is 59.0 Å². The number of nitrogens with zero attached hydrogens (tertiary/aromatic N) is 2. The van der Waals surface area contributed by atoms with E-state index in [1.807, 2.05) is 10.9 Å². The number of hydrogen-bond acceptors (Lipinski definition) is 3. The zero-order valence-corrected chi connectivity index (χ0v) is 9.17. The Bertz CT molecular complexity index is 401. The molecule has 1 aromatic rings. The van der Waals surface area contributed by atoms with E-state index in [1.54, 1.807) is 6.20 Å². The highest BCUT2D eigenvalue weighted by molar-refractivity contribution is 7.80. The molecule has 2 rings (SSSR count). The molecule has 1 aliphatic heterocycles. The molecule has 1 amide bonds. The summed E-state index contributed by atoms with van der Waals surface area (Å²) in [7, 11) is 0. The van der Waals surface area contributed by atoms with Crippen LogP contribution in [-0.4, -0.2) is 20.8 Å². The predicted molar refractivity (Wildman–Crippen MR) is 59.1 cm³/mol. The Labute approximate surface area is 92.8 Å². The quantitative estimate of drug-likeness (QED) is 0.727. The number of carbonyl (C=O) groups is 1. The van der Waals surface area contributed by atoms with Gasteiger partial charge in [0.05, 0.1) is 6.20 Å². The summed E-state index contributed by atoms with van der Waals surface area (Å²) < 4.78 is 1.83. The molecule has 5 nitrogen and oxygen atoms in total. The van der Waals surface area contributed by atoms with E-state index in [4.69, 9.17) is 12.2 Å². The molecule has 0 aromatic carbocycles. The van der Waals surface area contributed by atoms with Gasteiger partial charge in [0.2, 0.25) is 0 Å². The first-order chi connectivity index (χ1) is 7.20. The monoisotopic (exact) mass is 224 g/mol. The van der Waals surface area contributed by atoms with E-state index in [0.717, 1.165) is 18.5 Å². The zero-order chi connectivity index (χ0) is 10.8. The normalized spacial score (nSPS) is 20.2. The van der Waals surface area contributed by atoms with Gasteiger partial charge in [0.1, 0.15) is 6.04 Å². The van der Waals surface area contributed by atoms with Crippen LogP contribution < -0.4 is 10.6 Å². The summed E-state index contributed by atoms with van der Waals surface area (Å²) in [6, 6.07) is -0.386. The Balaban J connectivity index is 2.15. The molecule has 1 atom stereocenters. The Morgan fingerprint density at radius 2 is 2.47 bits per heavy atom. The Kier molecular flexibility index (Phi) is 2.68. The molecule has 6 heteroatoms. The van der Waals surface area contributed by atoms with Crippen molar-refractivity contribution in [2.24, 2.45) is 0 Å². The van der Waals surface area contributed by atoms with Gasteiger partial charge in [0.15, 0.2) is 5.11 Å². The number of amides is 1. The van der Waals surface area contributed by atoms with Crippen LogP contribution in [0.25, 0.3) is 0 Å². The molecule has 0 saturated carbocycles. The molecule has 1 aliphatic rings. The SMILES string of the molecule is CCCn1cc(C2NC(=S)NC2=O)cn1. The molecular weight excluding hydrogens is 212 g/mol. The molecule has 2 heterocycles. The number of aromatic nitrogens is 2. The largest absolute Gasteiger partial charge is 0.347 e. The summed E-state index contributed by atoms with van der Waals surface area (Å²) in [6.07, 6.45) is 4.58. The first kappa shape index (κ1) is 10.1. The first-order valence-electron chi connectivity index (χ1n) is 4.84. The molecule has 0 aliphatic carbocycles. The van der Waals surface area contributed by atoms with E-state index in [2.05, 4.69) is 22.7 Å². The first-order valence-corrected chi connectivity index (χ1v) is 5.25. The van der Waals surface area contributed by atoms with Crippen LogP contribution in [0.2, 0.25) is 0 Å². The highest BCUT2D eigenvalue weighted by Crippen LogP contribution is 2.15. The van der Waals surface area contributed by atoms with E-state index >= 15 is 0 Å². The number of aryl methyl sites for hydroxylation is 1. The Morgan fingerprint density at radius 3 is 3.07 bits per heavy atom. The third-order valence-corrected chi connectivity index (χ3v) is 2.43. The molecule has 80 valence electrons. The minimum Gasteiger partial charge on any atom is -0.347 e. The van der Waals surface area contributed by atoms with E-state index in [-0.39, 0.29) is 11.9 Å². The van der Waals surface area contributed by atoms with Crippen LogP contribution in [0.5, 0.6) is 0 Å². The van der Waals surface area contributed by atoms with Crippen LogP contribution in [0.15, 0.2) is 12.4 Å². The Morgan fingerprint density at radius 1 is 1.67 bits per heavy atom. The molecule has 1 aromatic heterocycles. The fraction of sp³-hybridized carbons (Fsp3) is 0.444. The lowest BCUT2D eigenvalue weighted by atomic mass is 10.2. The van der Waals surface area contributed by atoms with Crippen molar-refractivity contribution in [1.82, 2.24) is 20.4 Å². The summed E-state index contributed by atoms with van der Waals surface area (Å²) in [5.74, 6) is -0.115. The van der Waals surface area contributed by atoms with Crippen molar-refractivity contribution >= 4 is 23.2 Å². The van der Waals surface area contributed by atoms with Crippen LogP contribution in [-0.2, 0) is 11.3 Å². The van der Waals surface area contributed by atoms with Crippen molar-refractivity contribution < 1.29 is 4.79 Å². The van der Waals surface area contributed by atoms with Crippen molar-refractivity contribution in [3.05, 3.63) is 18.0 Å². The number of thiocarbonyl (C=S) groups is 1. The number of carbonyl (C=O) groups excluding carboxylic acids is 1. The van der Waals surface area contributed by atoms with E-state index in [0.29, 0.717) is 5.11 Å². The molecule has 1 fully saturated rings. The molecule has 1 saturated heterocycles. The zero-order valence-electron chi connectivity index (χ0n) is 8.36. The van der Waals surface area contributed by atoms with Gasteiger partial charge in [-0.05, 0) is 18.6 Å². The van der Waals surface area contributed by atoms with E-state index in [1.165, 1.54) is 0 Å². The van der Waals surface area contributed by atoms with Crippen molar-refractivity contribution in [2.75, 3.05) is 0 Å². The molecule has 2 N–H and O–H groups in total. The number of nitrogens with one attached hydrogen (secondary N) is 2. The standard InChI is InChI=1S/C9H12N4OS/c1-2-3-13-5-6(4-10-13)7-8(14)12-9(15)11-7/h4-5,7H,2-3H2,1H3,(H2,11,12,14,15). The summed E-state index contributed by atoms with van der Waals surface area (Å²) >= 11 is 4.86. The summed E-state index contributed by atoms with van der Waals surface area (Å²) in [4.78, 5) is 11.5. The number of rotatable bonds is 3. The average molecular weight is 224 g/mol. The van der Waals surface area contributed by atoms with Gasteiger partial charge in [-0.25, -0.2) is 0 Å². The second-order valence-electron chi connectivity index (χ2n) is 3.43. The summed E-state index contributed by atoms with van der Waals surface area (Å²) in [5, 5.41) is 9.99. The van der Waals surface area contributed by atoms with Gasteiger partial charge in [-0.2, -0.15) is 5.10 Å². The van der Waals surface area contributed by atoms with Gasteiger partial charge < -0.3 is 10.6 Å². The van der Waals surface area contributed by atoms with Crippen LogP contribution in [0.4, 0.5) is 0 Å². The lowest BCUT2D eigenvalue weighted by molar-refractivity contribution is -0.120. The van der Waals surface area contributed by atoms with Crippen LogP contribution >= 0.6 is 12.2 Å². The highest BCUT2D eigenvalue weighted by atomic mass is 32.1. The Hall–Kier alpha value is -1.43. The van der Waals surface area contributed by atoms with Crippen molar-refractivity contribution in [3.63, 3.8) is 0 Å². The van der Waals surface area contributed by atoms with E-state index < -0.39 is 0 Å². The predicted octanol–water partition coefficient (Wildman–Crippen LogP) is 0.338. The fourth-order valence-electron chi connectivity index (χ4n) is 1.53. The lowest BCUT2D eigenvalue weighted by Gasteiger charge is -2.03. The fourth-order valence-corrected chi connectivity index (χ4v) is 1.75. The van der Waals surface area contributed by atoms with Crippen LogP contribution in [0, 0.1) is 0 Å². The molecular formula is C9H12N4OS. The maximum Gasteiger partial charge on any atom is 0.253 e. The van der Waals surface area contributed by atoms with E-state index in [9.17, 15) is 4.79 Å². The maximum atomic E-state index is 11.5. The van der Waals surface area contributed by atoms with Gasteiger partial charge >= 0.3 is 0 Å². The smallest absolute Gasteiger partial charge is 0.253 e. The molecule has 0 bridgehead atoms. The van der Waals surface area contributed by atoms with Crippen LogP contribution in [0.1, 0.15) is 24.9 Å². The molecule has 0 radical (unpaired) electrons. The van der Waals surface area contributed by atoms with Gasteiger partial charge in [-0.1, -0.05) is 6.92 Å². The minimum absolute atomic E-state index is 0.115.